The van der Waals surface area contributed by atoms with E-state index >= 15 is 0 Å². The molecular formula is C13H25ClN2O2S. The Labute approximate surface area is 122 Å². The van der Waals surface area contributed by atoms with Crippen LogP contribution < -0.4 is 0 Å². The van der Waals surface area contributed by atoms with Crippen molar-refractivity contribution in [1.29, 1.82) is 0 Å². The van der Waals surface area contributed by atoms with E-state index in [1.54, 1.807) is 8.61 Å². The Morgan fingerprint density at radius 1 is 1.11 bits per heavy atom. The molecule has 2 unspecified atom stereocenters. The van der Waals surface area contributed by atoms with Crippen molar-refractivity contribution in [3.05, 3.63) is 0 Å². The van der Waals surface area contributed by atoms with Gasteiger partial charge in [0, 0.05) is 31.6 Å². The average Bonchev–Trinajstić information content (AvgIpc) is 2.64. The van der Waals surface area contributed by atoms with E-state index in [4.69, 9.17) is 11.6 Å². The van der Waals surface area contributed by atoms with Gasteiger partial charge in [0.25, 0.3) is 10.2 Å². The Bertz CT molecular complexity index is 388. The first-order valence-electron chi connectivity index (χ1n) is 7.38. The first kappa shape index (κ1) is 15.5. The molecule has 2 fully saturated rings. The fourth-order valence-electron chi connectivity index (χ4n) is 3.11. The first-order chi connectivity index (χ1) is 9.05. The minimum Gasteiger partial charge on any atom is -0.195 e. The van der Waals surface area contributed by atoms with Crippen molar-refractivity contribution in [3.8, 4) is 0 Å². The fraction of sp³-hybridized carbons (Fsp3) is 1.00. The van der Waals surface area contributed by atoms with Crippen LogP contribution in [-0.4, -0.2) is 48.6 Å². The number of alkyl halides is 1. The van der Waals surface area contributed by atoms with E-state index in [-0.39, 0.29) is 6.04 Å². The molecule has 0 spiro atoms. The third-order valence-electron chi connectivity index (χ3n) is 4.24. The molecule has 0 radical (unpaired) electrons. The van der Waals surface area contributed by atoms with Gasteiger partial charge in [-0.3, -0.25) is 0 Å². The molecule has 0 amide bonds. The van der Waals surface area contributed by atoms with Crippen LogP contribution in [0.3, 0.4) is 0 Å². The molecule has 4 nitrogen and oxygen atoms in total. The molecule has 0 aliphatic carbocycles. The summed E-state index contributed by atoms with van der Waals surface area (Å²) >= 11 is 6.00. The predicted octanol–water partition coefficient (Wildman–Crippen LogP) is 2.45. The lowest BCUT2D eigenvalue weighted by Crippen LogP contribution is -2.51. The van der Waals surface area contributed by atoms with Crippen molar-refractivity contribution in [3.63, 3.8) is 0 Å². The SMILES string of the molecule is CC1CCCN(S(=O)(=O)N2CCCCCC2CCl)C1. The van der Waals surface area contributed by atoms with E-state index in [1.165, 1.54) is 0 Å². The predicted molar refractivity (Wildman–Crippen MR) is 78.6 cm³/mol. The maximum absolute atomic E-state index is 12.8. The molecule has 2 rings (SSSR count). The molecule has 0 bridgehead atoms. The van der Waals surface area contributed by atoms with Gasteiger partial charge in [0.15, 0.2) is 0 Å². The minimum atomic E-state index is -3.32. The third kappa shape index (κ3) is 3.63. The quantitative estimate of drug-likeness (QED) is 0.751. The molecule has 0 aromatic heterocycles. The molecule has 0 N–H and O–H groups in total. The highest BCUT2D eigenvalue weighted by Crippen LogP contribution is 2.26. The highest BCUT2D eigenvalue weighted by atomic mass is 35.5. The van der Waals surface area contributed by atoms with Gasteiger partial charge >= 0.3 is 0 Å². The van der Waals surface area contributed by atoms with E-state index in [9.17, 15) is 8.42 Å². The summed E-state index contributed by atoms with van der Waals surface area (Å²) in [4.78, 5) is 0. The van der Waals surface area contributed by atoms with E-state index in [2.05, 4.69) is 6.92 Å². The van der Waals surface area contributed by atoms with Crippen LogP contribution in [0.2, 0.25) is 0 Å². The zero-order valence-corrected chi connectivity index (χ0v) is 13.3. The summed E-state index contributed by atoms with van der Waals surface area (Å²) in [6.07, 6.45) is 6.14. The van der Waals surface area contributed by atoms with Crippen molar-refractivity contribution in [2.24, 2.45) is 5.92 Å². The second-order valence-corrected chi connectivity index (χ2v) is 8.07. The molecule has 112 valence electrons. The van der Waals surface area contributed by atoms with E-state index in [0.29, 0.717) is 31.4 Å². The third-order valence-corrected chi connectivity index (χ3v) is 6.66. The highest BCUT2D eigenvalue weighted by molar-refractivity contribution is 7.86. The van der Waals surface area contributed by atoms with Crippen LogP contribution in [0.4, 0.5) is 0 Å². The summed E-state index contributed by atoms with van der Waals surface area (Å²) in [5.41, 5.74) is 0. The molecule has 6 heteroatoms. The van der Waals surface area contributed by atoms with Gasteiger partial charge in [0.1, 0.15) is 0 Å². The number of hydrogen-bond acceptors (Lipinski definition) is 2. The Morgan fingerprint density at radius 3 is 2.58 bits per heavy atom. The highest BCUT2D eigenvalue weighted by Gasteiger charge is 2.36. The maximum Gasteiger partial charge on any atom is 0.282 e. The molecule has 0 aromatic carbocycles. The van der Waals surface area contributed by atoms with Crippen LogP contribution >= 0.6 is 11.6 Å². The summed E-state index contributed by atoms with van der Waals surface area (Å²) in [5.74, 6) is 0.868. The Morgan fingerprint density at radius 2 is 1.89 bits per heavy atom. The number of halogens is 1. The van der Waals surface area contributed by atoms with Crippen LogP contribution in [0.5, 0.6) is 0 Å². The van der Waals surface area contributed by atoms with Gasteiger partial charge in [0.2, 0.25) is 0 Å². The topological polar surface area (TPSA) is 40.6 Å². The Balaban J connectivity index is 2.15. The second-order valence-electron chi connectivity index (χ2n) is 5.88. The molecule has 0 aromatic rings. The number of hydrogen-bond donors (Lipinski definition) is 0. The van der Waals surface area contributed by atoms with Crippen LogP contribution in [0.15, 0.2) is 0 Å². The lowest BCUT2D eigenvalue weighted by molar-refractivity contribution is 0.244. The standard InChI is InChI=1S/C13H25ClN2O2S/c1-12-6-5-8-15(11-12)19(17,18)16-9-4-2-3-7-13(16)10-14/h12-13H,2-11H2,1H3. The zero-order valence-electron chi connectivity index (χ0n) is 11.7. The van der Waals surface area contributed by atoms with Gasteiger partial charge < -0.3 is 0 Å². The molecular weight excluding hydrogens is 284 g/mol. The van der Waals surface area contributed by atoms with Crippen LogP contribution in [-0.2, 0) is 10.2 Å². The minimum absolute atomic E-state index is 0.0219. The van der Waals surface area contributed by atoms with E-state index in [1.807, 2.05) is 0 Å². The number of rotatable bonds is 3. The molecule has 2 heterocycles. The monoisotopic (exact) mass is 308 g/mol. The van der Waals surface area contributed by atoms with Gasteiger partial charge in [-0.2, -0.15) is 17.0 Å². The second kappa shape index (κ2) is 6.74. The van der Waals surface area contributed by atoms with Gasteiger partial charge in [-0.25, -0.2) is 0 Å². The molecule has 2 aliphatic rings. The lowest BCUT2D eigenvalue weighted by atomic mass is 10.0. The van der Waals surface area contributed by atoms with Crippen molar-refractivity contribution in [2.75, 3.05) is 25.5 Å². The Hall–Kier alpha value is 0.160. The lowest BCUT2D eigenvalue weighted by Gasteiger charge is -2.36. The van der Waals surface area contributed by atoms with Gasteiger partial charge in [-0.1, -0.05) is 19.8 Å². The van der Waals surface area contributed by atoms with Crippen molar-refractivity contribution in [2.45, 2.75) is 51.5 Å². The van der Waals surface area contributed by atoms with Crippen LogP contribution in [0, 0.1) is 5.92 Å². The van der Waals surface area contributed by atoms with E-state index < -0.39 is 10.2 Å². The fourth-order valence-corrected chi connectivity index (χ4v) is 5.53. The normalized spacial score (nSPS) is 32.1. The zero-order chi connectivity index (χ0) is 13.9. The summed E-state index contributed by atoms with van der Waals surface area (Å²) < 4.78 is 28.9. The summed E-state index contributed by atoms with van der Waals surface area (Å²) in [6, 6.07) is -0.0219. The van der Waals surface area contributed by atoms with E-state index in [0.717, 1.165) is 38.5 Å². The molecule has 2 saturated heterocycles. The molecule has 0 saturated carbocycles. The van der Waals surface area contributed by atoms with Gasteiger partial charge in [0.05, 0.1) is 0 Å². The molecule has 19 heavy (non-hydrogen) atoms. The maximum atomic E-state index is 12.8. The largest absolute Gasteiger partial charge is 0.282 e. The summed E-state index contributed by atoms with van der Waals surface area (Å²) in [7, 11) is -3.32. The smallest absolute Gasteiger partial charge is 0.195 e. The average molecular weight is 309 g/mol. The van der Waals surface area contributed by atoms with Crippen molar-refractivity contribution in [1.82, 2.24) is 8.61 Å². The first-order valence-corrected chi connectivity index (χ1v) is 9.31. The summed E-state index contributed by atoms with van der Waals surface area (Å²) in [6.45, 7) is 4.08. The van der Waals surface area contributed by atoms with Crippen LogP contribution in [0.1, 0.15) is 45.4 Å². The molecule has 2 aliphatic heterocycles. The number of nitrogens with zero attached hydrogens (tertiary/aromatic N) is 2. The summed E-state index contributed by atoms with van der Waals surface area (Å²) in [5, 5.41) is 0. The van der Waals surface area contributed by atoms with Gasteiger partial charge in [-0.15, -0.1) is 11.6 Å². The van der Waals surface area contributed by atoms with Crippen molar-refractivity contribution >= 4 is 21.8 Å². The number of piperidine rings is 1. The van der Waals surface area contributed by atoms with Crippen molar-refractivity contribution < 1.29 is 8.42 Å². The Kier molecular flexibility index (Phi) is 5.52. The van der Waals surface area contributed by atoms with Crippen LogP contribution in [0.25, 0.3) is 0 Å². The van der Waals surface area contributed by atoms with Gasteiger partial charge in [-0.05, 0) is 31.6 Å². The molecule has 2 atom stereocenters.